The van der Waals surface area contributed by atoms with Gasteiger partial charge in [-0.15, -0.1) is 11.3 Å². The average molecular weight is 317 g/mol. The molecule has 0 saturated carbocycles. The normalized spacial score (nSPS) is 10.3. The summed E-state index contributed by atoms with van der Waals surface area (Å²) in [6.45, 7) is 2.29. The molecule has 2 rings (SSSR count). The molecule has 0 saturated heterocycles. The van der Waals surface area contributed by atoms with Crippen LogP contribution in [0.2, 0.25) is 0 Å². The Labute approximate surface area is 134 Å². The summed E-state index contributed by atoms with van der Waals surface area (Å²) in [5, 5.41) is 5.69. The van der Waals surface area contributed by atoms with Crippen LogP contribution in [0.4, 0.5) is 0 Å². The second-order valence-electron chi connectivity index (χ2n) is 5.17. The van der Waals surface area contributed by atoms with Gasteiger partial charge in [-0.2, -0.15) is 0 Å². The number of carbonyl (C=O) groups is 2. The number of aromatic nitrogens is 1. The van der Waals surface area contributed by atoms with Gasteiger partial charge in [-0.3, -0.25) is 9.59 Å². The largest absolute Gasteiger partial charge is 0.352 e. The molecule has 0 unspecified atom stereocenters. The minimum Gasteiger partial charge on any atom is -0.352 e. The first-order valence-corrected chi connectivity index (χ1v) is 7.86. The molecule has 0 radical (unpaired) electrons. The fourth-order valence-electron chi connectivity index (χ4n) is 1.86. The quantitative estimate of drug-likeness (QED) is 0.920. The minimum absolute atomic E-state index is 0.00483. The maximum atomic E-state index is 12.0. The fraction of sp³-hybridized carbons (Fsp3) is 0.312. The van der Waals surface area contributed by atoms with E-state index in [1.165, 1.54) is 4.90 Å². The van der Waals surface area contributed by atoms with Crippen LogP contribution in [0.15, 0.2) is 29.6 Å². The second-order valence-corrected chi connectivity index (χ2v) is 6.02. The van der Waals surface area contributed by atoms with Crippen molar-refractivity contribution < 1.29 is 9.59 Å². The number of carbonyl (C=O) groups excluding carboxylic acids is 2. The standard InChI is InChI=1S/C16H19N3O2S/c1-11-10-22-16(18-11)13-6-4-12(5-7-13)15(21)17-9-8-14(20)19(2)3/h4-7,10H,8-9H2,1-3H3,(H,17,21). The Morgan fingerprint density at radius 3 is 2.45 bits per heavy atom. The Morgan fingerprint density at radius 2 is 1.91 bits per heavy atom. The first kappa shape index (κ1) is 16.2. The maximum absolute atomic E-state index is 12.0. The first-order chi connectivity index (χ1) is 10.5. The highest BCUT2D eigenvalue weighted by Crippen LogP contribution is 2.23. The number of hydrogen-bond donors (Lipinski definition) is 1. The number of nitrogens with zero attached hydrogens (tertiary/aromatic N) is 2. The van der Waals surface area contributed by atoms with Crippen molar-refractivity contribution in [1.82, 2.24) is 15.2 Å². The molecule has 0 aliphatic carbocycles. The van der Waals surface area contributed by atoms with Gasteiger partial charge < -0.3 is 10.2 Å². The smallest absolute Gasteiger partial charge is 0.251 e. The number of thiazole rings is 1. The van der Waals surface area contributed by atoms with Gasteiger partial charge in [0, 0.05) is 49.3 Å². The molecule has 1 heterocycles. The molecule has 0 spiro atoms. The van der Waals surface area contributed by atoms with Crippen LogP contribution in [0.1, 0.15) is 22.5 Å². The van der Waals surface area contributed by atoms with Crippen LogP contribution in [0, 0.1) is 6.92 Å². The molecule has 116 valence electrons. The van der Waals surface area contributed by atoms with Crippen LogP contribution >= 0.6 is 11.3 Å². The monoisotopic (exact) mass is 317 g/mol. The summed E-state index contributed by atoms with van der Waals surface area (Å²) in [4.78, 5) is 29.4. The summed E-state index contributed by atoms with van der Waals surface area (Å²) < 4.78 is 0. The van der Waals surface area contributed by atoms with Gasteiger partial charge in [-0.25, -0.2) is 4.98 Å². The van der Waals surface area contributed by atoms with Crippen molar-refractivity contribution in [3.05, 3.63) is 40.9 Å². The van der Waals surface area contributed by atoms with Crippen molar-refractivity contribution in [2.24, 2.45) is 0 Å². The molecular weight excluding hydrogens is 298 g/mol. The van der Waals surface area contributed by atoms with Crippen LogP contribution < -0.4 is 5.32 Å². The van der Waals surface area contributed by atoms with E-state index in [1.807, 2.05) is 24.4 Å². The van der Waals surface area contributed by atoms with Crippen molar-refractivity contribution in [3.63, 3.8) is 0 Å². The lowest BCUT2D eigenvalue weighted by Crippen LogP contribution is -2.30. The van der Waals surface area contributed by atoms with Crippen molar-refractivity contribution >= 4 is 23.2 Å². The Morgan fingerprint density at radius 1 is 1.23 bits per heavy atom. The van der Waals surface area contributed by atoms with E-state index >= 15 is 0 Å². The average Bonchev–Trinajstić information content (AvgIpc) is 2.93. The van der Waals surface area contributed by atoms with Crippen molar-refractivity contribution in [3.8, 4) is 10.6 Å². The zero-order valence-corrected chi connectivity index (χ0v) is 13.7. The zero-order chi connectivity index (χ0) is 16.1. The van der Waals surface area contributed by atoms with E-state index in [-0.39, 0.29) is 11.8 Å². The topological polar surface area (TPSA) is 62.3 Å². The fourth-order valence-corrected chi connectivity index (χ4v) is 2.66. The molecule has 0 atom stereocenters. The van der Waals surface area contributed by atoms with Crippen molar-refractivity contribution in [2.75, 3.05) is 20.6 Å². The van der Waals surface area contributed by atoms with Crippen LogP contribution in [-0.4, -0.2) is 42.3 Å². The molecule has 0 bridgehead atoms. The third kappa shape index (κ3) is 4.14. The van der Waals surface area contributed by atoms with E-state index < -0.39 is 0 Å². The molecule has 0 aliphatic rings. The number of amides is 2. The Bertz CT molecular complexity index is 662. The summed E-state index contributed by atoms with van der Waals surface area (Å²) in [5.74, 6) is -0.178. The van der Waals surface area contributed by atoms with E-state index in [0.717, 1.165) is 16.3 Å². The Hall–Kier alpha value is -2.21. The van der Waals surface area contributed by atoms with Crippen LogP contribution in [0.5, 0.6) is 0 Å². The van der Waals surface area contributed by atoms with Gasteiger partial charge in [-0.1, -0.05) is 12.1 Å². The molecule has 1 N–H and O–H groups in total. The van der Waals surface area contributed by atoms with Crippen LogP contribution in [0.25, 0.3) is 10.6 Å². The molecular formula is C16H19N3O2S. The van der Waals surface area contributed by atoms with Gasteiger partial charge in [0.1, 0.15) is 5.01 Å². The third-order valence-corrected chi connectivity index (χ3v) is 4.15. The van der Waals surface area contributed by atoms with E-state index in [4.69, 9.17) is 0 Å². The van der Waals surface area contributed by atoms with E-state index in [2.05, 4.69) is 10.3 Å². The Kier molecular flexibility index (Phi) is 5.27. The van der Waals surface area contributed by atoms with E-state index in [0.29, 0.717) is 18.5 Å². The first-order valence-electron chi connectivity index (χ1n) is 6.98. The zero-order valence-electron chi connectivity index (χ0n) is 12.9. The number of benzene rings is 1. The highest BCUT2D eigenvalue weighted by Gasteiger charge is 2.09. The molecule has 2 aromatic rings. The van der Waals surface area contributed by atoms with Crippen molar-refractivity contribution in [1.29, 1.82) is 0 Å². The van der Waals surface area contributed by atoms with Gasteiger partial charge in [0.05, 0.1) is 0 Å². The second kappa shape index (κ2) is 7.17. The molecule has 0 aliphatic heterocycles. The lowest BCUT2D eigenvalue weighted by molar-refractivity contribution is -0.128. The van der Waals surface area contributed by atoms with Gasteiger partial charge >= 0.3 is 0 Å². The van der Waals surface area contributed by atoms with Crippen LogP contribution in [-0.2, 0) is 4.79 Å². The SMILES string of the molecule is Cc1csc(-c2ccc(C(=O)NCCC(=O)N(C)C)cc2)n1. The molecule has 6 heteroatoms. The predicted octanol–water partition coefficient (Wildman–Crippen LogP) is 2.33. The summed E-state index contributed by atoms with van der Waals surface area (Å²) in [7, 11) is 3.40. The third-order valence-electron chi connectivity index (χ3n) is 3.14. The van der Waals surface area contributed by atoms with E-state index in [1.54, 1.807) is 37.6 Å². The molecule has 2 amide bonds. The number of nitrogens with one attached hydrogen (secondary N) is 1. The lowest BCUT2D eigenvalue weighted by atomic mass is 10.1. The van der Waals surface area contributed by atoms with Crippen molar-refractivity contribution in [2.45, 2.75) is 13.3 Å². The number of aryl methyl sites for hydroxylation is 1. The molecule has 1 aromatic carbocycles. The lowest BCUT2D eigenvalue weighted by Gasteiger charge is -2.10. The minimum atomic E-state index is -0.173. The van der Waals surface area contributed by atoms with Gasteiger partial charge in [-0.05, 0) is 19.1 Å². The molecule has 1 aromatic heterocycles. The number of rotatable bonds is 5. The summed E-state index contributed by atoms with van der Waals surface area (Å²) in [6.07, 6.45) is 0.301. The molecule has 5 nitrogen and oxygen atoms in total. The highest BCUT2D eigenvalue weighted by atomic mass is 32.1. The Balaban J connectivity index is 1.92. The number of hydrogen-bond acceptors (Lipinski definition) is 4. The van der Waals surface area contributed by atoms with Crippen LogP contribution in [0.3, 0.4) is 0 Å². The predicted molar refractivity (Wildman–Crippen MR) is 87.9 cm³/mol. The molecule has 22 heavy (non-hydrogen) atoms. The van der Waals surface area contributed by atoms with Gasteiger partial charge in [0.25, 0.3) is 5.91 Å². The highest BCUT2D eigenvalue weighted by molar-refractivity contribution is 7.13. The summed E-state index contributed by atoms with van der Waals surface area (Å²) in [6, 6.07) is 7.32. The summed E-state index contributed by atoms with van der Waals surface area (Å²) >= 11 is 1.58. The van der Waals surface area contributed by atoms with Gasteiger partial charge in [0.15, 0.2) is 0 Å². The summed E-state index contributed by atoms with van der Waals surface area (Å²) in [5.41, 5.74) is 2.57. The van der Waals surface area contributed by atoms with E-state index in [9.17, 15) is 9.59 Å². The maximum Gasteiger partial charge on any atom is 0.251 e. The van der Waals surface area contributed by atoms with Gasteiger partial charge in [0.2, 0.25) is 5.91 Å². The molecule has 0 fully saturated rings.